The van der Waals surface area contributed by atoms with Crippen molar-refractivity contribution in [2.24, 2.45) is 0 Å². The molecule has 2 aliphatic rings. The Bertz CT molecular complexity index is 1040. The maximum absolute atomic E-state index is 12.7. The molecule has 4 amide bonds. The van der Waals surface area contributed by atoms with Gasteiger partial charge in [0.15, 0.2) is 0 Å². The Balaban J connectivity index is 1.37. The zero-order chi connectivity index (χ0) is 24.8. The average Bonchev–Trinajstić information content (AvgIpc) is 3.27. The number of unbranched alkanes of at least 4 members (excludes halogenated alkanes) is 4. The first-order valence-corrected chi connectivity index (χ1v) is 12.0. The molecule has 4 rings (SSSR count). The number of nitriles is 1. The minimum absolute atomic E-state index is 0.239. The Morgan fingerprint density at radius 2 is 1.00 bits per heavy atom. The maximum Gasteiger partial charge on any atom is 0.261 e. The molecule has 0 radical (unpaired) electrons. The molecule has 35 heavy (non-hydrogen) atoms. The molecule has 8 heteroatoms. The lowest BCUT2D eigenvalue weighted by atomic mass is 10.1. The third kappa shape index (κ3) is 5.15. The molecule has 0 N–H and O–H groups in total. The van der Waals surface area contributed by atoms with Crippen LogP contribution in [0.2, 0.25) is 0 Å². The molecule has 0 aromatic heterocycles. The number of hydrogen-bond acceptors (Lipinski definition) is 6. The molecule has 0 bridgehead atoms. The van der Waals surface area contributed by atoms with E-state index in [2.05, 4.69) is 11.0 Å². The van der Waals surface area contributed by atoms with Crippen LogP contribution in [0.5, 0.6) is 0 Å². The lowest BCUT2D eigenvalue weighted by Crippen LogP contribution is -2.43. The SMILES string of the molecule is N#CCCCCCCN(CCN1C(=O)c2ccccc2C1=O)CCN1C(=O)c2ccccc2C1=O. The Labute approximate surface area is 204 Å². The van der Waals surface area contributed by atoms with E-state index >= 15 is 0 Å². The monoisotopic (exact) mass is 472 g/mol. The fourth-order valence-corrected chi connectivity index (χ4v) is 4.60. The maximum atomic E-state index is 12.7. The van der Waals surface area contributed by atoms with Crippen LogP contribution in [-0.2, 0) is 0 Å². The molecule has 2 aliphatic heterocycles. The molecule has 8 nitrogen and oxygen atoms in total. The van der Waals surface area contributed by atoms with E-state index in [4.69, 9.17) is 5.26 Å². The summed E-state index contributed by atoms with van der Waals surface area (Å²) < 4.78 is 0. The Hall–Kier alpha value is -3.83. The van der Waals surface area contributed by atoms with Gasteiger partial charge in [-0.1, -0.05) is 37.1 Å². The Morgan fingerprint density at radius 1 is 0.600 bits per heavy atom. The first kappa shape index (κ1) is 24.3. The number of nitrogens with zero attached hydrogens (tertiary/aromatic N) is 4. The minimum Gasteiger partial charge on any atom is -0.300 e. The normalized spacial score (nSPS) is 14.6. The van der Waals surface area contributed by atoms with E-state index < -0.39 is 0 Å². The summed E-state index contributed by atoms with van der Waals surface area (Å²) in [5.41, 5.74) is 1.69. The molecule has 0 unspecified atom stereocenters. The van der Waals surface area contributed by atoms with Crippen LogP contribution in [0.25, 0.3) is 0 Å². The lowest BCUT2D eigenvalue weighted by molar-refractivity contribution is 0.0621. The fraction of sp³-hybridized carbons (Fsp3) is 0.370. The van der Waals surface area contributed by atoms with Gasteiger partial charge in [-0.3, -0.25) is 33.9 Å². The molecule has 0 aliphatic carbocycles. The van der Waals surface area contributed by atoms with Crippen molar-refractivity contribution in [3.05, 3.63) is 70.8 Å². The molecule has 180 valence electrons. The van der Waals surface area contributed by atoms with Gasteiger partial charge in [0.05, 0.1) is 28.3 Å². The van der Waals surface area contributed by atoms with E-state index in [-0.39, 0.29) is 36.7 Å². The molecule has 0 saturated heterocycles. The molecule has 0 atom stereocenters. The third-order valence-corrected chi connectivity index (χ3v) is 6.55. The van der Waals surface area contributed by atoms with E-state index in [0.717, 1.165) is 25.7 Å². The molecule has 0 saturated carbocycles. The summed E-state index contributed by atoms with van der Waals surface area (Å²) in [5.74, 6) is -1.16. The second-order valence-electron chi connectivity index (χ2n) is 8.78. The van der Waals surface area contributed by atoms with Crippen molar-refractivity contribution in [1.82, 2.24) is 14.7 Å². The van der Waals surface area contributed by atoms with E-state index in [1.54, 1.807) is 48.5 Å². The van der Waals surface area contributed by atoms with Crippen molar-refractivity contribution >= 4 is 23.6 Å². The zero-order valence-electron chi connectivity index (χ0n) is 19.6. The van der Waals surface area contributed by atoms with Gasteiger partial charge in [-0.2, -0.15) is 5.26 Å². The third-order valence-electron chi connectivity index (χ3n) is 6.55. The average molecular weight is 473 g/mol. The van der Waals surface area contributed by atoms with Crippen molar-refractivity contribution in [3.8, 4) is 6.07 Å². The summed E-state index contributed by atoms with van der Waals surface area (Å²) in [6.45, 7) is 2.09. The van der Waals surface area contributed by atoms with E-state index in [1.165, 1.54) is 9.80 Å². The Kier molecular flexibility index (Phi) is 7.68. The van der Waals surface area contributed by atoms with Gasteiger partial charge in [-0.25, -0.2) is 0 Å². The molecule has 2 aromatic rings. The minimum atomic E-state index is -0.289. The van der Waals surface area contributed by atoms with Crippen molar-refractivity contribution in [1.29, 1.82) is 5.26 Å². The van der Waals surface area contributed by atoms with Gasteiger partial charge >= 0.3 is 0 Å². The number of imide groups is 2. The quantitative estimate of drug-likeness (QED) is 0.347. The topological polar surface area (TPSA) is 102 Å². The second kappa shape index (κ2) is 11.1. The highest BCUT2D eigenvalue weighted by atomic mass is 16.2. The molecular weight excluding hydrogens is 444 g/mol. The van der Waals surface area contributed by atoms with Gasteiger partial charge < -0.3 is 0 Å². The predicted molar refractivity (Wildman–Crippen MR) is 129 cm³/mol. The zero-order valence-corrected chi connectivity index (χ0v) is 19.6. The van der Waals surface area contributed by atoms with Crippen molar-refractivity contribution in [2.45, 2.75) is 32.1 Å². The van der Waals surface area contributed by atoms with E-state index in [9.17, 15) is 19.2 Å². The van der Waals surface area contributed by atoms with Gasteiger partial charge in [-0.15, -0.1) is 0 Å². The van der Waals surface area contributed by atoms with Crippen LogP contribution in [0, 0.1) is 11.3 Å². The first-order chi connectivity index (χ1) is 17.0. The molecule has 2 aromatic carbocycles. The van der Waals surface area contributed by atoms with E-state index in [0.29, 0.717) is 48.3 Å². The van der Waals surface area contributed by atoms with Gasteiger partial charge in [-0.05, 0) is 43.7 Å². The summed E-state index contributed by atoms with van der Waals surface area (Å²) in [4.78, 5) is 55.5. The summed E-state index contributed by atoms with van der Waals surface area (Å²) in [5, 5.41) is 8.70. The van der Waals surface area contributed by atoms with Crippen molar-refractivity contribution in [3.63, 3.8) is 0 Å². The summed E-state index contributed by atoms with van der Waals surface area (Å²) in [6.07, 6.45) is 4.20. The molecule has 0 spiro atoms. The standard InChI is InChI=1S/C27H28N4O4/c28-14-8-2-1-3-9-15-29(16-18-30-24(32)20-10-4-5-11-21(20)25(30)33)17-19-31-26(34)22-12-6-7-13-23(22)27(31)35/h4-7,10-13H,1-3,8-9,15-19H2. The first-order valence-electron chi connectivity index (χ1n) is 12.0. The number of carbonyl (C=O) groups is 4. The van der Waals surface area contributed by atoms with Gasteiger partial charge in [0.2, 0.25) is 0 Å². The summed E-state index contributed by atoms with van der Waals surface area (Å²) >= 11 is 0. The van der Waals surface area contributed by atoms with Crippen LogP contribution in [0.15, 0.2) is 48.5 Å². The number of benzene rings is 2. The van der Waals surface area contributed by atoms with Gasteiger partial charge in [0, 0.05) is 32.6 Å². The molecule has 2 heterocycles. The largest absolute Gasteiger partial charge is 0.300 e. The fourth-order valence-electron chi connectivity index (χ4n) is 4.60. The van der Waals surface area contributed by atoms with Gasteiger partial charge in [0.25, 0.3) is 23.6 Å². The number of carbonyl (C=O) groups excluding carboxylic acids is 4. The van der Waals surface area contributed by atoms with Crippen molar-refractivity contribution < 1.29 is 19.2 Å². The number of fused-ring (bicyclic) bond motifs is 2. The predicted octanol–water partition coefficient (Wildman–Crippen LogP) is 3.35. The molecular formula is C27H28N4O4. The Morgan fingerprint density at radius 3 is 1.40 bits per heavy atom. The highest BCUT2D eigenvalue weighted by molar-refractivity contribution is 6.22. The smallest absolute Gasteiger partial charge is 0.261 e. The van der Waals surface area contributed by atoms with Crippen LogP contribution in [0.1, 0.15) is 73.5 Å². The van der Waals surface area contributed by atoms with Crippen LogP contribution in [-0.4, -0.2) is 71.1 Å². The molecule has 0 fully saturated rings. The van der Waals surface area contributed by atoms with Crippen molar-refractivity contribution in [2.75, 3.05) is 32.7 Å². The van der Waals surface area contributed by atoms with Crippen LogP contribution in [0.3, 0.4) is 0 Å². The number of hydrogen-bond donors (Lipinski definition) is 0. The lowest BCUT2D eigenvalue weighted by Gasteiger charge is -2.26. The highest BCUT2D eigenvalue weighted by Gasteiger charge is 2.36. The number of amides is 4. The van der Waals surface area contributed by atoms with Crippen LogP contribution >= 0.6 is 0 Å². The summed E-state index contributed by atoms with van der Waals surface area (Å²) in [7, 11) is 0. The van der Waals surface area contributed by atoms with Gasteiger partial charge in [0.1, 0.15) is 0 Å². The van der Waals surface area contributed by atoms with Crippen LogP contribution < -0.4 is 0 Å². The van der Waals surface area contributed by atoms with Crippen LogP contribution in [0.4, 0.5) is 0 Å². The van der Waals surface area contributed by atoms with E-state index in [1.807, 2.05) is 0 Å². The summed E-state index contributed by atoms with van der Waals surface area (Å²) in [6, 6.07) is 15.8. The number of rotatable bonds is 12. The highest BCUT2D eigenvalue weighted by Crippen LogP contribution is 2.23. The second-order valence-corrected chi connectivity index (χ2v) is 8.78.